The van der Waals surface area contributed by atoms with Gasteiger partial charge < -0.3 is 10.7 Å². The summed E-state index contributed by atoms with van der Waals surface area (Å²) in [5, 5.41) is 7.98. The number of nitrogens with two attached hydrogens (primary N) is 1. The zero-order valence-corrected chi connectivity index (χ0v) is 15.1. The molecular formula is C16H10F3N7O2S. The highest BCUT2D eigenvalue weighted by molar-refractivity contribution is 7.98. The van der Waals surface area contributed by atoms with Gasteiger partial charge in [-0.05, 0) is 0 Å². The third kappa shape index (κ3) is 3.35. The van der Waals surface area contributed by atoms with Crippen LogP contribution in [0, 0.1) is 17.5 Å². The molecule has 148 valence electrons. The van der Waals surface area contributed by atoms with Crippen molar-refractivity contribution in [3.05, 3.63) is 74.4 Å². The first-order valence-corrected chi connectivity index (χ1v) is 8.91. The van der Waals surface area contributed by atoms with Crippen molar-refractivity contribution in [3.63, 3.8) is 0 Å². The van der Waals surface area contributed by atoms with Gasteiger partial charge in [0.15, 0.2) is 16.5 Å². The van der Waals surface area contributed by atoms with E-state index in [9.17, 15) is 22.8 Å². The highest BCUT2D eigenvalue weighted by Crippen LogP contribution is 2.26. The van der Waals surface area contributed by atoms with Crippen molar-refractivity contribution < 1.29 is 13.2 Å². The molecule has 13 heteroatoms. The normalized spacial score (nSPS) is 11.3. The van der Waals surface area contributed by atoms with E-state index in [1.54, 1.807) is 0 Å². The predicted octanol–water partition coefficient (Wildman–Crippen LogP) is 1.26. The van der Waals surface area contributed by atoms with E-state index in [0.29, 0.717) is 12.1 Å². The van der Waals surface area contributed by atoms with Crippen LogP contribution in [0.5, 0.6) is 0 Å². The third-order valence-corrected chi connectivity index (χ3v) is 4.85. The fraction of sp³-hybridized carbons (Fsp3) is 0.0625. The number of halogens is 3. The van der Waals surface area contributed by atoms with E-state index in [0.717, 1.165) is 27.2 Å². The predicted molar refractivity (Wildman–Crippen MR) is 97.3 cm³/mol. The Morgan fingerprint density at radius 2 is 1.86 bits per heavy atom. The maximum atomic E-state index is 13.9. The smallest absolute Gasteiger partial charge is 0.288 e. The van der Waals surface area contributed by atoms with Crippen LogP contribution in [0.2, 0.25) is 0 Å². The van der Waals surface area contributed by atoms with Crippen LogP contribution in [0.4, 0.5) is 18.9 Å². The van der Waals surface area contributed by atoms with E-state index in [4.69, 9.17) is 5.73 Å². The standard InChI is InChI=1S/C16H10F3N7O2S/c17-7-1-9(18)8(10(19)2-7)6-29-16-24-26-14(11(20)3-23-26)15(28)25(16)12-4-22-13(27)5-21-12/h1-5H,6,20H2,(H,22,27). The number of hydrogen-bond acceptors (Lipinski definition) is 7. The van der Waals surface area contributed by atoms with Crippen LogP contribution in [0.25, 0.3) is 11.3 Å². The fourth-order valence-electron chi connectivity index (χ4n) is 2.55. The van der Waals surface area contributed by atoms with Crippen LogP contribution in [0.1, 0.15) is 5.56 Å². The molecule has 0 amide bonds. The minimum absolute atomic E-state index is 0.00718. The molecule has 3 heterocycles. The van der Waals surface area contributed by atoms with Crippen molar-refractivity contribution in [2.75, 3.05) is 5.73 Å². The molecule has 0 saturated heterocycles. The van der Waals surface area contributed by atoms with E-state index < -0.39 is 34.1 Å². The van der Waals surface area contributed by atoms with Crippen LogP contribution in [0.3, 0.4) is 0 Å². The number of aromatic nitrogens is 6. The number of nitrogens with zero attached hydrogens (tertiary/aromatic N) is 5. The lowest BCUT2D eigenvalue weighted by molar-refractivity contribution is 0.531. The van der Waals surface area contributed by atoms with Crippen molar-refractivity contribution in [1.82, 2.24) is 29.4 Å². The van der Waals surface area contributed by atoms with Crippen molar-refractivity contribution in [1.29, 1.82) is 0 Å². The Hall–Kier alpha value is -3.61. The van der Waals surface area contributed by atoms with Crippen molar-refractivity contribution in [2.24, 2.45) is 0 Å². The number of fused-ring (bicyclic) bond motifs is 1. The number of aromatic amines is 1. The molecule has 0 bridgehead atoms. The van der Waals surface area contributed by atoms with Crippen LogP contribution in [-0.4, -0.2) is 29.4 Å². The summed E-state index contributed by atoms with van der Waals surface area (Å²) in [5.41, 5.74) is 4.24. The maximum Gasteiger partial charge on any atom is 0.288 e. The summed E-state index contributed by atoms with van der Waals surface area (Å²) < 4.78 is 43.0. The summed E-state index contributed by atoms with van der Waals surface area (Å²) in [4.78, 5) is 30.5. The second-order valence-corrected chi connectivity index (χ2v) is 6.71. The van der Waals surface area contributed by atoms with Gasteiger partial charge in [0.2, 0.25) is 0 Å². The summed E-state index contributed by atoms with van der Waals surface area (Å²) in [5.74, 6) is -3.50. The zero-order valence-electron chi connectivity index (χ0n) is 14.3. The highest BCUT2D eigenvalue weighted by atomic mass is 32.2. The molecule has 0 saturated carbocycles. The summed E-state index contributed by atoms with van der Waals surface area (Å²) in [7, 11) is 0. The first-order valence-electron chi connectivity index (χ1n) is 7.93. The summed E-state index contributed by atoms with van der Waals surface area (Å²) in [6, 6.07) is 1.11. The van der Waals surface area contributed by atoms with Crippen molar-refractivity contribution in [2.45, 2.75) is 10.9 Å². The number of thioether (sulfide) groups is 1. The quantitative estimate of drug-likeness (QED) is 0.475. The number of anilines is 1. The molecule has 3 N–H and O–H groups in total. The van der Waals surface area contributed by atoms with E-state index in [1.165, 1.54) is 12.4 Å². The molecule has 29 heavy (non-hydrogen) atoms. The van der Waals surface area contributed by atoms with Gasteiger partial charge in [-0.1, -0.05) is 11.8 Å². The van der Waals surface area contributed by atoms with Gasteiger partial charge in [0, 0.05) is 29.6 Å². The SMILES string of the molecule is Nc1cnn2nc(SCc3c(F)cc(F)cc3F)n(-c3c[nH]c(=O)cn3)c(=O)c12. The molecule has 1 aromatic carbocycles. The highest BCUT2D eigenvalue weighted by Gasteiger charge is 2.19. The Bertz CT molecular complexity index is 1320. The molecule has 0 unspecified atom stereocenters. The Morgan fingerprint density at radius 3 is 2.52 bits per heavy atom. The molecule has 0 aliphatic heterocycles. The minimum Gasteiger partial charge on any atom is -0.395 e. The zero-order chi connectivity index (χ0) is 20.7. The van der Waals surface area contributed by atoms with Gasteiger partial charge in [-0.15, -0.1) is 9.73 Å². The summed E-state index contributed by atoms with van der Waals surface area (Å²) in [6.45, 7) is 0. The molecular weight excluding hydrogens is 411 g/mol. The minimum atomic E-state index is -1.07. The molecule has 0 spiro atoms. The number of benzene rings is 1. The first-order chi connectivity index (χ1) is 13.8. The lowest BCUT2D eigenvalue weighted by Gasteiger charge is -2.11. The molecule has 4 rings (SSSR count). The van der Waals surface area contributed by atoms with Gasteiger partial charge >= 0.3 is 0 Å². The topological polar surface area (TPSA) is 124 Å². The molecule has 4 aromatic rings. The van der Waals surface area contributed by atoms with Crippen molar-refractivity contribution >= 4 is 23.0 Å². The second-order valence-electron chi connectivity index (χ2n) is 5.77. The lowest BCUT2D eigenvalue weighted by atomic mass is 10.2. The molecule has 0 fully saturated rings. The van der Waals surface area contributed by atoms with Gasteiger partial charge in [0.05, 0.1) is 18.1 Å². The monoisotopic (exact) mass is 421 g/mol. The summed E-state index contributed by atoms with van der Waals surface area (Å²) >= 11 is 0.787. The first kappa shape index (κ1) is 18.7. The number of rotatable bonds is 4. The van der Waals surface area contributed by atoms with Crippen LogP contribution < -0.4 is 16.9 Å². The van der Waals surface area contributed by atoms with Gasteiger partial charge in [-0.3, -0.25) is 9.59 Å². The molecule has 0 aliphatic rings. The average Bonchev–Trinajstić information content (AvgIpc) is 3.03. The summed E-state index contributed by atoms with van der Waals surface area (Å²) in [6.07, 6.45) is 3.36. The molecule has 3 aromatic heterocycles. The number of hydrogen-bond donors (Lipinski definition) is 2. The van der Waals surface area contributed by atoms with Gasteiger partial charge in [0.25, 0.3) is 11.1 Å². The largest absolute Gasteiger partial charge is 0.395 e. The van der Waals surface area contributed by atoms with Gasteiger partial charge in [-0.2, -0.15) is 5.10 Å². The van der Waals surface area contributed by atoms with Gasteiger partial charge in [0.1, 0.15) is 17.5 Å². The number of nitrogen functional groups attached to an aromatic ring is 1. The third-order valence-electron chi connectivity index (χ3n) is 3.89. The number of nitrogens with one attached hydrogen (secondary N) is 1. The second kappa shape index (κ2) is 7.09. The lowest BCUT2D eigenvalue weighted by Crippen LogP contribution is -2.26. The van der Waals surface area contributed by atoms with E-state index in [1.807, 2.05) is 0 Å². The van der Waals surface area contributed by atoms with E-state index in [2.05, 4.69) is 20.2 Å². The Kier molecular flexibility index (Phi) is 4.58. The maximum absolute atomic E-state index is 13.9. The van der Waals surface area contributed by atoms with E-state index >= 15 is 0 Å². The van der Waals surface area contributed by atoms with Crippen LogP contribution in [-0.2, 0) is 5.75 Å². The Labute approximate surface area is 163 Å². The van der Waals surface area contributed by atoms with Crippen LogP contribution >= 0.6 is 11.8 Å². The van der Waals surface area contributed by atoms with Crippen LogP contribution in [0.15, 0.2) is 45.5 Å². The Morgan fingerprint density at radius 1 is 1.14 bits per heavy atom. The van der Waals surface area contributed by atoms with Crippen molar-refractivity contribution in [3.8, 4) is 5.82 Å². The Balaban J connectivity index is 1.85. The van der Waals surface area contributed by atoms with Gasteiger partial charge in [-0.25, -0.2) is 22.7 Å². The fourth-order valence-corrected chi connectivity index (χ4v) is 3.54. The average molecular weight is 421 g/mol. The molecule has 0 atom stereocenters. The molecule has 0 aliphatic carbocycles. The van der Waals surface area contributed by atoms with E-state index in [-0.39, 0.29) is 27.9 Å². The molecule has 0 radical (unpaired) electrons. The molecule has 9 nitrogen and oxygen atoms in total. The number of H-pyrrole nitrogens is 1.